The lowest BCUT2D eigenvalue weighted by Crippen LogP contribution is -2.53. The van der Waals surface area contributed by atoms with Crippen molar-refractivity contribution in [3.05, 3.63) is 64.6 Å². The molecule has 3 rings (SSSR count). The van der Waals surface area contributed by atoms with E-state index in [9.17, 15) is 4.79 Å². The van der Waals surface area contributed by atoms with E-state index in [0.717, 1.165) is 28.6 Å². The Morgan fingerprint density at radius 3 is 2.36 bits per heavy atom. The molecule has 0 spiro atoms. The highest BCUT2D eigenvalue weighted by Gasteiger charge is 2.31. The Balaban J connectivity index is 1.94. The third-order valence-electron chi connectivity index (χ3n) is 4.65. The van der Waals surface area contributed by atoms with Gasteiger partial charge in [0.2, 0.25) is 5.91 Å². The number of anilines is 1. The van der Waals surface area contributed by atoms with Crippen LogP contribution in [0.2, 0.25) is 0 Å². The van der Waals surface area contributed by atoms with Crippen LogP contribution in [0.4, 0.5) is 5.69 Å². The molecule has 1 saturated heterocycles. The summed E-state index contributed by atoms with van der Waals surface area (Å²) in [5, 5.41) is 0. The summed E-state index contributed by atoms with van der Waals surface area (Å²) >= 11 is 3.48. The molecule has 0 radical (unpaired) electrons. The van der Waals surface area contributed by atoms with E-state index in [1.165, 1.54) is 0 Å². The maximum absolute atomic E-state index is 12.4. The minimum Gasteiger partial charge on any atom is -0.381 e. The van der Waals surface area contributed by atoms with E-state index >= 15 is 0 Å². The fraction of sp³-hybridized carbons (Fsp3) is 0.350. The quantitative estimate of drug-likeness (QED) is 0.803. The third-order valence-corrected chi connectivity index (χ3v) is 5.17. The minimum atomic E-state index is -0.383. The molecule has 2 aromatic rings. The fourth-order valence-electron chi connectivity index (χ4n) is 3.40. The van der Waals surface area contributed by atoms with Gasteiger partial charge in [0.1, 0.15) is 6.04 Å². The van der Waals surface area contributed by atoms with Crippen LogP contribution in [0.25, 0.3) is 0 Å². The number of benzene rings is 2. The van der Waals surface area contributed by atoms with Crippen molar-refractivity contribution in [3.63, 3.8) is 0 Å². The fourth-order valence-corrected chi connectivity index (χ4v) is 3.66. The number of nitrogens with zero attached hydrogens (tertiary/aromatic N) is 1. The molecule has 0 aromatic heterocycles. The molecule has 1 aliphatic heterocycles. The van der Waals surface area contributed by atoms with Gasteiger partial charge in [-0.05, 0) is 42.7 Å². The summed E-state index contributed by atoms with van der Waals surface area (Å²) in [5.74, 6) is -0.293. The van der Waals surface area contributed by atoms with Gasteiger partial charge < -0.3 is 15.4 Å². The maximum Gasteiger partial charge on any atom is 0.240 e. The zero-order valence-electron chi connectivity index (χ0n) is 14.1. The van der Waals surface area contributed by atoms with Crippen LogP contribution in [0.1, 0.15) is 18.4 Å². The normalized spacial score (nSPS) is 16.4. The summed E-state index contributed by atoms with van der Waals surface area (Å²) in [5.41, 5.74) is 7.97. The molecule has 2 aromatic carbocycles. The van der Waals surface area contributed by atoms with Crippen molar-refractivity contribution >= 4 is 27.5 Å². The molecule has 25 heavy (non-hydrogen) atoms. The second kappa shape index (κ2) is 8.50. The number of carbonyl (C=O) groups is 1. The first-order valence-corrected chi connectivity index (χ1v) is 9.39. The molecular formula is C20H23BrN2O2. The number of hydrogen-bond acceptors (Lipinski definition) is 3. The van der Waals surface area contributed by atoms with Crippen LogP contribution in [0.3, 0.4) is 0 Å². The van der Waals surface area contributed by atoms with Gasteiger partial charge >= 0.3 is 0 Å². The van der Waals surface area contributed by atoms with Crippen LogP contribution in [-0.2, 0) is 16.0 Å². The largest absolute Gasteiger partial charge is 0.381 e. The van der Waals surface area contributed by atoms with Crippen LogP contribution in [-0.4, -0.2) is 31.2 Å². The number of amides is 1. The van der Waals surface area contributed by atoms with E-state index in [2.05, 4.69) is 20.8 Å². The second-order valence-electron chi connectivity index (χ2n) is 6.34. The highest BCUT2D eigenvalue weighted by molar-refractivity contribution is 9.10. The maximum atomic E-state index is 12.4. The summed E-state index contributed by atoms with van der Waals surface area (Å²) in [6, 6.07) is 18.0. The van der Waals surface area contributed by atoms with E-state index in [1.807, 2.05) is 54.6 Å². The molecule has 0 saturated carbocycles. The zero-order valence-corrected chi connectivity index (χ0v) is 15.7. The van der Waals surface area contributed by atoms with Gasteiger partial charge in [-0.25, -0.2) is 0 Å². The Morgan fingerprint density at radius 2 is 1.76 bits per heavy atom. The molecule has 132 valence electrons. The van der Waals surface area contributed by atoms with E-state index in [0.29, 0.717) is 19.6 Å². The molecule has 1 heterocycles. The summed E-state index contributed by atoms with van der Waals surface area (Å²) in [6.45, 7) is 1.43. The van der Waals surface area contributed by atoms with E-state index in [-0.39, 0.29) is 18.0 Å². The summed E-state index contributed by atoms with van der Waals surface area (Å²) < 4.78 is 6.53. The number of ether oxygens (including phenoxy) is 1. The van der Waals surface area contributed by atoms with Crippen LogP contribution in [0, 0.1) is 0 Å². The van der Waals surface area contributed by atoms with Gasteiger partial charge in [0.25, 0.3) is 0 Å². The summed E-state index contributed by atoms with van der Waals surface area (Å²) in [6.07, 6.45) is 2.40. The van der Waals surface area contributed by atoms with Gasteiger partial charge in [0.05, 0.1) is 0 Å². The van der Waals surface area contributed by atoms with Crippen molar-refractivity contribution < 1.29 is 9.53 Å². The monoisotopic (exact) mass is 402 g/mol. The first kappa shape index (κ1) is 18.0. The Bertz CT molecular complexity index is 685. The van der Waals surface area contributed by atoms with Crippen LogP contribution in [0.15, 0.2) is 59.1 Å². The number of carbonyl (C=O) groups excluding carboxylic acids is 1. The van der Waals surface area contributed by atoms with Gasteiger partial charge in [0.15, 0.2) is 0 Å². The predicted molar refractivity (Wildman–Crippen MR) is 104 cm³/mol. The number of hydrogen-bond donors (Lipinski definition) is 1. The van der Waals surface area contributed by atoms with Gasteiger partial charge in [-0.2, -0.15) is 0 Å². The van der Waals surface area contributed by atoms with Gasteiger partial charge in [-0.15, -0.1) is 0 Å². The first-order chi connectivity index (χ1) is 12.1. The number of rotatable bonds is 6. The minimum absolute atomic E-state index is 0.246. The molecule has 4 nitrogen and oxygen atoms in total. The molecule has 5 heteroatoms. The molecule has 0 aliphatic carbocycles. The average molecular weight is 403 g/mol. The topological polar surface area (TPSA) is 55.6 Å². The lowest BCUT2D eigenvalue weighted by Gasteiger charge is -2.40. The van der Waals surface area contributed by atoms with Crippen LogP contribution >= 0.6 is 15.9 Å². The average Bonchev–Trinajstić information content (AvgIpc) is 2.64. The second-order valence-corrected chi connectivity index (χ2v) is 7.25. The molecule has 1 atom stereocenters. The predicted octanol–water partition coefficient (Wildman–Crippen LogP) is 3.53. The van der Waals surface area contributed by atoms with Crippen molar-refractivity contribution in [3.8, 4) is 0 Å². The number of nitrogens with two attached hydrogens (primary N) is 1. The van der Waals surface area contributed by atoms with Crippen LogP contribution < -0.4 is 10.6 Å². The molecule has 1 aliphatic rings. The Morgan fingerprint density at radius 1 is 1.12 bits per heavy atom. The summed E-state index contributed by atoms with van der Waals surface area (Å²) in [7, 11) is 0. The lowest BCUT2D eigenvalue weighted by atomic mass is 9.98. The third kappa shape index (κ3) is 4.61. The van der Waals surface area contributed by atoms with Gasteiger partial charge in [-0.1, -0.05) is 46.3 Å². The zero-order chi connectivity index (χ0) is 17.6. The molecule has 0 bridgehead atoms. The summed E-state index contributed by atoms with van der Waals surface area (Å²) in [4.78, 5) is 14.6. The van der Waals surface area contributed by atoms with E-state index < -0.39 is 0 Å². The van der Waals surface area contributed by atoms with Crippen molar-refractivity contribution in [1.82, 2.24) is 0 Å². The SMILES string of the molecule is NC(=O)[C@@H](Cc1ccccc1)N(c1ccc(Br)cc1)C1CCOCC1. The smallest absolute Gasteiger partial charge is 0.240 e. The molecule has 0 unspecified atom stereocenters. The van der Waals surface area contributed by atoms with E-state index in [1.54, 1.807) is 0 Å². The van der Waals surface area contributed by atoms with Crippen molar-refractivity contribution in [1.29, 1.82) is 0 Å². The number of primary amides is 1. The van der Waals surface area contributed by atoms with E-state index in [4.69, 9.17) is 10.5 Å². The standard InChI is InChI=1S/C20H23BrN2O2/c21-16-6-8-17(9-7-16)23(18-10-12-25-13-11-18)19(20(22)24)14-15-4-2-1-3-5-15/h1-9,18-19H,10-14H2,(H2,22,24)/t19-/m1/s1. The van der Waals surface area contributed by atoms with Gasteiger partial charge in [0, 0.05) is 35.8 Å². The highest BCUT2D eigenvalue weighted by Crippen LogP contribution is 2.28. The van der Waals surface area contributed by atoms with Crippen LogP contribution in [0.5, 0.6) is 0 Å². The lowest BCUT2D eigenvalue weighted by molar-refractivity contribution is -0.119. The van der Waals surface area contributed by atoms with Gasteiger partial charge in [-0.3, -0.25) is 4.79 Å². The number of halogens is 1. The molecule has 1 fully saturated rings. The van der Waals surface area contributed by atoms with Crippen molar-refractivity contribution in [2.75, 3.05) is 18.1 Å². The van der Waals surface area contributed by atoms with Crippen molar-refractivity contribution in [2.45, 2.75) is 31.3 Å². The molecule has 2 N–H and O–H groups in total. The first-order valence-electron chi connectivity index (χ1n) is 8.60. The Labute approximate surface area is 157 Å². The Hall–Kier alpha value is -1.85. The molecule has 1 amide bonds. The van der Waals surface area contributed by atoms with Crippen molar-refractivity contribution in [2.24, 2.45) is 5.73 Å². The Kier molecular flexibility index (Phi) is 6.10. The highest BCUT2D eigenvalue weighted by atomic mass is 79.9. The molecular weight excluding hydrogens is 380 g/mol.